The van der Waals surface area contributed by atoms with Crippen molar-refractivity contribution >= 4 is 17.7 Å². The number of amides is 1. The predicted molar refractivity (Wildman–Crippen MR) is 111 cm³/mol. The van der Waals surface area contributed by atoms with Crippen LogP contribution in [-0.4, -0.2) is 82.7 Å². The summed E-state index contributed by atoms with van der Waals surface area (Å²) in [6.07, 6.45) is 0.303. The number of benzene rings is 1. The van der Waals surface area contributed by atoms with E-state index in [9.17, 15) is 9.18 Å². The number of thioether (sulfide) groups is 1. The molecule has 1 saturated heterocycles. The Morgan fingerprint density at radius 1 is 1.27 bits per heavy atom. The average molecular weight is 433 g/mol. The molecule has 3 rings (SSSR count). The minimum atomic E-state index is -0.307. The second-order valence-electron chi connectivity index (χ2n) is 6.93. The van der Waals surface area contributed by atoms with Crippen molar-refractivity contribution in [3.05, 3.63) is 30.1 Å². The molecule has 0 saturated carbocycles. The van der Waals surface area contributed by atoms with E-state index in [1.807, 2.05) is 10.6 Å². The fraction of sp³-hybridized carbons (Fsp3) is 0.500. The number of morpholine rings is 1. The zero-order valence-corrected chi connectivity index (χ0v) is 17.8. The highest BCUT2D eigenvalue weighted by molar-refractivity contribution is 7.99. The van der Waals surface area contributed by atoms with Gasteiger partial charge < -0.3 is 14.2 Å². The molecule has 10 heteroatoms. The van der Waals surface area contributed by atoms with E-state index >= 15 is 0 Å². The first-order valence-corrected chi connectivity index (χ1v) is 10.8. The van der Waals surface area contributed by atoms with Gasteiger partial charge in [0.05, 0.1) is 31.5 Å². The minimum absolute atomic E-state index is 0.0682. The lowest BCUT2D eigenvalue weighted by molar-refractivity contribution is -0.127. The average Bonchev–Trinajstić information content (AvgIpc) is 3.18. The molecular weight excluding hydrogens is 407 g/mol. The smallest absolute Gasteiger partial charge is 0.232 e. The maximum absolute atomic E-state index is 13.3. The molecule has 0 bridgehead atoms. The van der Waals surface area contributed by atoms with Gasteiger partial charge in [0.25, 0.3) is 0 Å². The molecule has 1 aromatic carbocycles. The van der Waals surface area contributed by atoms with Crippen molar-refractivity contribution in [1.82, 2.24) is 24.6 Å². The SMILES string of the molecule is CN(CCC#N)C(=O)CSc1nnc(-c2ccc(F)cc2)n1CCN1CCOCC1. The number of nitrogens with zero attached hydrogens (tertiary/aromatic N) is 6. The van der Waals surface area contributed by atoms with Gasteiger partial charge >= 0.3 is 0 Å². The van der Waals surface area contributed by atoms with E-state index in [1.165, 1.54) is 23.9 Å². The quantitative estimate of drug-likeness (QED) is 0.559. The van der Waals surface area contributed by atoms with Crippen LogP contribution in [0.5, 0.6) is 0 Å². The van der Waals surface area contributed by atoms with Gasteiger partial charge in [-0.3, -0.25) is 9.69 Å². The molecule has 0 aliphatic carbocycles. The summed E-state index contributed by atoms with van der Waals surface area (Å²) < 4.78 is 20.7. The molecule has 160 valence electrons. The van der Waals surface area contributed by atoms with E-state index in [4.69, 9.17) is 10.00 Å². The second kappa shape index (κ2) is 11.1. The molecule has 1 aliphatic heterocycles. The van der Waals surface area contributed by atoms with Crippen LogP contribution in [0.25, 0.3) is 11.4 Å². The summed E-state index contributed by atoms with van der Waals surface area (Å²) in [5.74, 6) is 0.484. The van der Waals surface area contributed by atoms with Gasteiger partial charge in [-0.25, -0.2) is 4.39 Å². The maximum atomic E-state index is 13.3. The summed E-state index contributed by atoms with van der Waals surface area (Å²) >= 11 is 1.32. The number of carbonyl (C=O) groups is 1. The Labute approximate surface area is 179 Å². The topological polar surface area (TPSA) is 87.3 Å². The third-order valence-electron chi connectivity index (χ3n) is 4.87. The highest BCUT2D eigenvalue weighted by Gasteiger charge is 2.18. The summed E-state index contributed by atoms with van der Waals surface area (Å²) in [4.78, 5) is 16.2. The molecule has 0 atom stereocenters. The van der Waals surface area contributed by atoms with Gasteiger partial charge in [0.1, 0.15) is 5.82 Å². The van der Waals surface area contributed by atoms with Crippen LogP contribution in [-0.2, 0) is 16.1 Å². The van der Waals surface area contributed by atoms with Crippen molar-refractivity contribution in [2.24, 2.45) is 0 Å². The van der Waals surface area contributed by atoms with Crippen molar-refractivity contribution in [3.8, 4) is 17.5 Å². The number of ether oxygens (including phenoxy) is 1. The number of carbonyl (C=O) groups excluding carboxylic acids is 1. The molecule has 2 heterocycles. The van der Waals surface area contributed by atoms with Gasteiger partial charge in [-0.2, -0.15) is 5.26 Å². The molecule has 0 unspecified atom stereocenters. The Morgan fingerprint density at radius 3 is 2.70 bits per heavy atom. The van der Waals surface area contributed by atoms with Crippen LogP contribution in [0.4, 0.5) is 4.39 Å². The van der Waals surface area contributed by atoms with Crippen molar-refractivity contribution in [3.63, 3.8) is 0 Å². The predicted octanol–water partition coefficient (Wildman–Crippen LogP) is 1.88. The van der Waals surface area contributed by atoms with E-state index in [2.05, 4.69) is 15.1 Å². The molecule has 0 spiro atoms. The Bertz CT molecular complexity index is 876. The monoisotopic (exact) mass is 432 g/mol. The Balaban J connectivity index is 1.73. The highest BCUT2D eigenvalue weighted by Crippen LogP contribution is 2.24. The number of rotatable bonds is 9. The molecule has 0 N–H and O–H groups in total. The first kappa shape index (κ1) is 22.2. The fourth-order valence-electron chi connectivity index (χ4n) is 3.05. The van der Waals surface area contributed by atoms with Gasteiger partial charge in [0.15, 0.2) is 11.0 Å². The molecule has 0 radical (unpaired) electrons. The van der Waals surface area contributed by atoms with Crippen LogP contribution in [0.15, 0.2) is 29.4 Å². The largest absolute Gasteiger partial charge is 0.379 e. The summed E-state index contributed by atoms with van der Waals surface area (Å²) in [7, 11) is 1.69. The molecule has 8 nitrogen and oxygen atoms in total. The van der Waals surface area contributed by atoms with Crippen LogP contribution in [0.1, 0.15) is 6.42 Å². The number of hydrogen-bond donors (Lipinski definition) is 0. The van der Waals surface area contributed by atoms with E-state index in [-0.39, 0.29) is 17.5 Å². The van der Waals surface area contributed by atoms with E-state index in [1.54, 1.807) is 24.1 Å². The molecule has 1 amide bonds. The molecule has 1 aromatic heterocycles. The lowest BCUT2D eigenvalue weighted by atomic mass is 10.2. The molecule has 2 aromatic rings. The summed E-state index contributed by atoms with van der Waals surface area (Å²) in [5.41, 5.74) is 0.773. The van der Waals surface area contributed by atoms with Crippen LogP contribution in [0.3, 0.4) is 0 Å². The van der Waals surface area contributed by atoms with Gasteiger partial charge in [0.2, 0.25) is 5.91 Å². The molecule has 1 aliphatic rings. The highest BCUT2D eigenvalue weighted by atomic mass is 32.2. The Hall–Kier alpha value is -2.48. The number of nitriles is 1. The van der Waals surface area contributed by atoms with Crippen molar-refractivity contribution in [2.75, 3.05) is 52.2 Å². The van der Waals surface area contributed by atoms with E-state index < -0.39 is 0 Å². The van der Waals surface area contributed by atoms with E-state index in [0.717, 1.165) is 38.4 Å². The second-order valence-corrected chi connectivity index (χ2v) is 7.87. The Morgan fingerprint density at radius 2 is 2.00 bits per heavy atom. The lowest BCUT2D eigenvalue weighted by Crippen LogP contribution is -2.38. The molecule has 1 fully saturated rings. The van der Waals surface area contributed by atoms with Crippen LogP contribution in [0.2, 0.25) is 0 Å². The zero-order valence-electron chi connectivity index (χ0n) is 17.0. The molecule has 30 heavy (non-hydrogen) atoms. The van der Waals surface area contributed by atoms with Crippen LogP contribution >= 0.6 is 11.8 Å². The normalized spacial score (nSPS) is 14.4. The Kier molecular flexibility index (Phi) is 8.19. The first-order valence-electron chi connectivity index (χ1n) is 9.81. The summed E-state index contributed by atoms with van der Waals surface area (Å²) in [6, 6.07) is 8.20. The zero-order chi connectivity index (χ0) is 21.3. The maximum Gasteiger partial charge on any atom is 0.232 e. The van der Waals surface area contributed by atoms with Gasteiger partial charge in [-0.1, -0.05) is 11.8 Å². The number of halogens is 1. The summed E-state index contributed by atoms with van der Waals surface area (Å²) in [5, 5.41) is 17.9. The van der Waals surface area contributed by atoms with E-state index in [0.29, 0.717) is 30.5 Å². The minimum Gasteiger partial charge on any atom is -0.379 e. The van der Waals surface area contributed by atoms with Gasteiger partial charge in [-0.15, -0.1) is 10.2 Å². The summed E-state index contributed by atoms with van der Waals surface area (Å²) in [6.45, 7) is 5.05. The standard InChI is InChI=1S/C20H25FN6O2S/c1-25(8-2-7-22)18(28)15-30-20-24-23-19(16-3-5-17(21)6-4-16)27(20)10-9-26-11-13-29-14-12-26/h3-6H,2,8-15H2,1H3. The first-order chi connectivity index (χ1) is 14.6. The lowest BCUT2D eigenvalue weighted by Gasteiger charge is -2.27. The third kappa shape index (κ3) is 6.01. The number of hydrogen-bond acceptors (Lipinski definition) is 7. The van der Waals surface area contributed by atoms with Crippen LogP contribution < -0.4 is 0 Å². The van der Waals surface area contributed by atoms with Crippen molar-refractivity contribution in [1.29, 1.82) is 5.26 Å². The molecular formula is C20H25FN6O2S. The van der Waals surface area contributed by atoms with Gasteiger partial charge in [-0.05, 0) is 24.3 Å². The van der Waals surface area contributed by atoms with Crippen molar-refractivity contribution in [2.45, 2.75) is 18.1 Å². The third-order valence-corrected chi connectivity index (χ3v) is 5.82. The fourth-order valence-corrected chi connectivity index (χ4v) is 3.96. The van der Waals surface area contributed by atoms with Gasteiger partial charge in [0, 0.05) is 45.3 Å². The van der Waals surface area contributed by atoms with Crippen LogP contribution in [0, 0.1) is 17.1 Å². The number of aromatic nitrogens is 3. The van der Waals surface area contributed by atoms with Crippen molar-refractivity contribution < 1.29 is 13.9 Å².